The van der Waals surface area contributed by atoms with E-state index in [2.05, 4.69) is 65.5 Å². The van der Waals surface area contributed by atoms with Crippen molar-refractivity contribution in [3.63, 3.8) is 0 Å². The van der Waals surface area contributed by atoms with E-state index in [1.165, 1.54) is 32.1 Å². The van der Waals surface area contributed by atoms with Gasteiger partial charge in [0.05, 0.1) is 12.2 Å². The van der Waals surface area contributed by atoms with Crippen LogP contribution < -0.4 is 0 Å². The van der Waals surface area contributed by atoms with Crippen LogP contribution in [-0.4, -0.2) is 22.4 Å². The minimum atomic E-state index is -0.605. The maximum Gasteiger partial charge on any atom is 0.0811 e. The first-order valence-corrected chi connectivity index (χ1v) is 12.3. The number of hydrogen-bond donors (Lipinski definition) is 2. The molecular weight excluding hydrogens is 368 g/mol. The topological polar surface area (TPSA) is 40.5 Å². The third-order valence-electron chi connectivity index (χ3n) is 8.71. The van der Waals surface area contributed by atoms with Crippen LogP contribution in [0.1, 0.15) is 79.6 Å². The molecule has 3 fully saturated rings. The number of allylic oxidation sites excluding steroid dienone is 5. The zero-order valence-corrected chi connectivity index (χ0v) is 19.9. The molecule has 0 aromatic carbocycles. The third-order valence-corrected chi connectivity index (χ3v) is 8.71. The summed E-state index contributed by atoms with van der Waals surface area (Å²) in [4.78, 5) is 0. The predicted octanol–water partition coefficient (Wildman–Crippen LogP) is 6.61. The summed E-state index contributed by atoms with van der Waals surface area (Å²) >= 11 is 0. The molecule has 2 nitrogen and oxygen atoms in total. The summed E-state index contributed by atoms with van der Waals surface area (Å²) in [5, 5.41) is 20.2. The van der Waals surface area contributed by atoms with Crippen molar-refractivity contribution >= 4 is 0 Å². The maximum atomic E-state index is 10.1. The molecule has 2 N–H and O–H groups in total. The smallest absolute Gasteiger partial charge is 0.0811 e. The Bertz CT molecular complexity index is 712. The van der Waals surface area contributed by atoms with Gasteiger partial charge in [-0.2, -0.15) is 0 Å². The van der Waals surface area contributed by atoms with Gasteiger partial charge in [-0.05, 0) is 84.7 Å². The maximum absolute atomic E-state index is 10.1. The van der Waals surface area contributed by atoms with E-state index < -0.39 is 12.2 Å². The van der Waals surface area contributed by atoms with E-state index in [0.717, 1.165) is 17.1 Å². The molecule has 0 aromatic rings. The molecule has 30 heavy (non-hydrogen) atoms. The number of rotatable bonds is 5. The molecule has 0 aromatic heterocycles. The summed E-state index contributed by atoms with van der Waals surface area (Å²) in [6.45, 7) is 16.0. The lowest BCUT2D eigenvalue weighted by Gasteiger charge is -2.44. The average Bonchev–Trinajstić information content (AvgIpc) is 3.04. The molecule has 0 saturated heterocycles. The lowest BCUT2D eigenvalue weighted by atomic mass is 9.61. The van der Waals surface area contributed by atoms with Crippen molar-refractivity contribution in [2.45, 2.75) is 91.8 Å². The zero-order valence-electron chi connectivity index (χ0n) is 19.9. The minimum absolute atomic E-state index is 0.385. The largest absolute Gasteiger partial charge is 0.393 e. The van der Waals surface area contributed by atoms with Crippen molar-refractivity contribution in [2.75, 3.05) is 0 Å². The zero-order chi connectivity index (χ0) is 22.1. The van der Waals surface area contributed by atoms with Crippen molar-refractivity contribution < 1.29 is 10.2 Å². The number of aliphatic hydroxyl groups is 2. The van der Waals surface area contributed by atoms with E-state index in [4.69, 9.17) is 0 Å². The molecular formula is C28H44O2. The van der Waals surface area contributed by atoms with Gasteiger partial charge in [-0.15, -0.1) is 0 Å². The second kappa shape index (κ2) is 9.57. The predicted molar refractivity (Wildman–Crippen MR) is 127 cm³/mol. The molecule has 2 heteroatoms. The van der Waals surface area contributed by atoms with Gasteiger partial charge in [0.2, 0.25) is 0 Å². The highest BCUT2D eigenvalue weighted by atomic mass is 16.3. The van der Waals surface area contributed by atoms with Gasteiger partial charge in [0.15, 0.2) is 0 Å². The quantitative estimate of drug-likeness (QED) is 0.499. The Labute approximate surface area is 184 Å². The van der Waals surface area contributed by atoms with Gasteiger partial charge in [-0.25, -0.2) is 0 Å². The van der Waals surface area contributed by atoms with Crippen LogP contribution in [0.15, 0.2) is 47.6 Å². The molecule has 0 radical (unpaired) electrons. The van der Waals surface area contributed by atoms with Gasteiger partial charge in [0.1, 0.15) is 0 Å². The Balaban J connectivity index is 1.76. The fourth-order valence-electron chi connectivity index (χ4n) is 6.32. The fraction of sp³-hybridized carbons (Fsp3) is 0.714. The SMILES string of the molecule is C=C1/C(=C/C=C2\CCC[C@]3(C)C([C@H](C)/C=C/[C@H](C)C(C)C)CC[C@@H]23)C[C@H](O)C[C@@H]1O. The molecule has 168 valence electrons. The van der Waals surface area contributed by atoms with Crippen molar-refractivity contribution in [1.29, 1.82) is 0 Å². The number of fused-ring (bicyclic) bond motifs is 1. The van der Waals surface area contributed by atoms with Crippen molar-refractivity contribution in [3.8, 4) is 0 Å². The van der Waals surface area contributed by atoms with Crippen LogP contribution >= 0.6 is 0 Å². The highest BCUT2D eigenvalue weighted by molar-refractivity contribution is 5.38. The van der Waals surface area contributed by atoms with E-state index in [1.807, 2.05) is 0 Å². The standard InChI is InChI=1S/C28H44O2/c1-18(2)19(3)9-10-20(4)25-13-14-26-22(8-7-15-28(25,26)6)11-12-23-16-24(29)17-27(30)21(23)5/h9-12,18-20,24-27,29-30H,5,7-8,13-17H2,1-4,6H3/b10-9+,22-11+,23-12+/t19-,20+,24-,25?,26-,27-,28+/m0/s1. The second-order valence-corrected chi connectivity index (χ2v) is 11.0. The first-order valence-electron chi connectivity index (χ1n) is 12.3. The van der Waals surface area contributed by atoms with Crippen molar-refractivity contribution in [1.82, 2.24) is 0 Å². The summed E-state index contributed by atoms with van der Waals surface area (Å²) in [5.41, 5.74) is 3.77. The molecule has 0 aliphatic heterocycles. The minimum Gasteiger partial charge on any atom is -0.393 e. The molecule has 3 saturated carbocycles. The van der Waals surface area contributed by atoms with Gasteiger partial charge in [0, 0.05) is 6.42 Å². The average molecular weight is 413 g/mol. The normalized spacial score (nSPS) is 39.8. The fourth-order valence-corrected chi connectivity index (χ4v) is 6.32. The summed E-state index contributed by atoms with van der Waals surface area (Å²) in [6.07, 6.45) is 15.8. The van der Waals surface area contributed by atoms with E-state index in [1.54, 1.807) is 5.57 Å². The van der Waals surface area contributed by atoms with E-state index in [-0.39, 0.29) is 0 Å². The first-order chi connectivity index (χ1) is 14.1. The van der Waals surface area contributed by atoms with Crippen LogP contribution in [0.25, 0.3) is 0 Å². The van der Waals surface area contributed by atoms with E-state index in [0.29, 0.717) is 41.9 Å². The summed E-state index contributed by atoms with van der Waals surface area (Å²) in [7, 11) is 0. The van der Waals surface area contributed by atoms with E-state index in [9.17, 15) is 10.2 Å². The van der Waals surface area contributed by atoms with Crippen LogP contribution in [0, 0.1) is 35.0 Å². The highest BCUT2D eigenvalue weighted by Crippen LogP contribution is 2.59. The Kier molecular flexibility index (Phi) is 7.51. The molecule has 0 heterocycles. The first kappa shape index (κ1) is 23.5. The Morgan fingerprint density at radius 1 is 1.07 bits per heavy atom. The molecule has 1 unspecified atom stereocenters. The van der Waals surface area contributed by atoms with Crippen molar-refractivity contribution in [2.24, 2.45) is 35.0 Å². The molecule has 7 atom stereocenters. The Morgan fingerprint density at radius 3 is 2.50 bits per heavy atom. The van der Waals surface area contributed by atoms with Crippen LogP contribution in [0.5, 0.6) is 0 Å². The lowest BCUT2D eigenvalue weighted by Crippen LogP contribution is -2.35. The molecule has 0 bridgehead atoms. The summed E-state index contributed by atoms with van der Waals surface area (Å²) in [5.74, 6) is 3.38. The van der Waals surface area contributed by atoms with Crippen LogP contribution in [0.4, 0.5) is 0 Å². The van der Waals surface area contributed by atoms with Crippen molar-refractivity contribution in [3.05, 3.63) is 47.6 Å². The Hall–Kier alpha value is -1.12. The third kappa shape index (κ3) is 4.86. The van der Waals surface area contributed by atoms with E-state index >= 15 is 0 Å². The molecule has 0 amide bonds. The van der Waals surface area contributed by atoms with Gasteiger partial charge in [0.25, 0.3) is 0 Å². The Morgan fingerprint density at radius 2 is 1.80 bits per heavy atom. The number of hydrogen-bond acceptors (Lipinski definition) is 2. The molecule has 3 aliphatic carbocycles. The van der Waals surface area contributed by atoms with Crippen LogP contribution in [0.3, 0.4) is 0 Å². The lowest BCUT2D eigenvalue weighted by molar-refractivity contribution is 0.0862. The van der Waals surface area contributed by atoms with Crippen LogP contribution in [0.2, 0.25) is 0 Å². The van der Waals surface area contributed by atoms with Gasteiger partial charge in [-0.3, -0.25) is 0 Å². The molecule has 0 spiro atoms. The van der Waals surface area contributed by atoms with Gasteiger partial charge >= 0.3 is 0 Å². The summed E-state index contributed by atoms with van der Waals surface area (Å²) in [6, 6.07) is 0. The monoisotopic (exact) mass is 412 g/mol. The highest BCUT2D eigenvalue weighted by Gasteiger charge is 2.50. The summed E-state index contributed by atoms with van der Waals surface area (Å²) < 4.78 is 0. The van der Waals surface area contributed by atoms with Crippen LogP contribution in [-0.2, 0) is 0 Å². The molecule has 3 rings (SSSR count). The van der Waals surface area contributed by atoms with Gasteiger partial charge in [-0.1, -0.05) is 71.1 Å². The second-order valence-electron chi connectivity index (χ2n) is 11.0. The van der Waals surface area contributed by atoms with Gasteiger partial charge < -0.3 is 10.2 Å². The number of aliphatic hydroxyl groups excluding tert-OH is 2. The molecule has 3 aliphatic rings.